The summed E-state index contributed by atoms with van der Waals surface area (Å²) in [5.41, 5.74) is 0. The van der Waals surface area contributed by atoms with Gasteiger partial charge < -0.3 is 18.9 Å². The molecule has 0 amide bonds. The van der Waals surface area contributed by atoms with Crippen LogP contribution in [0.25, 0.3) is 0 Å². The largest absolute Gasteiger partial charge is 0.463 e. The van der Waals surface area contributed by atoms with Crippen molar-refractivity contribution in [3.63, 3.8) is 0 Å². The summed E-state index contributed by atoms with van der Waals surface area (Å²) in [6, 6.07) is 0. The zero-order chi connectivity index (χ0) is 15.1. The number of hydrogen-bond acceptors (Lipinski definition) is 6. The van der Waals surface area contributed by atoms with Gasteiger partial charge in [0, 0.05) is 13.8 Å². The minimum atomic E-state index is -0.578. The molecule has 0 aromatic heterocycles. The molecule has 0 fully saturated rings. The molecule has 0 N–H and O–H groups in total. The van der Waals surface area contributed by atoms with Gasteiger partial charge in [0.15, 0.2) is 6.29 Å². The van der Waals surface area contributed by atoms with Crippen molar-refractivity contribution in [2.45, 2.75) is 46.2 Å². The van der Waals surface area contributed by atoms with Crippen LogP contribution in [0.5, 0.6) is 0 Å². The molecule has 3 atom stereocenters. The predicted molar refractivity (Wildman–Crippen MR) is 70.8 cm³/mol. The maximum atomic E-state index is 11.0. The molecule has 6 nitrogen and oxygen atoms in total. The van der Waals surface area contributed by atoms with Crippen LogP contribution in [0.3, 0.4) is 0 Å². The van der Waals surface area contributed by atoms with Crippen LogP contribution in [0.15, 0.2) is 12.2 Å². The Morgan fingerprint density at radius 1 is 1.20 bits per heavy atom. The van der Waals surface area contributed by atoms with E-state index in [2.05, 4.69) is 0 Å². The lowest BCUT2D eigenvalue weighted by Crippen LogP contribution is -2.42. The van der Waals surface area contributed by atoms with Gasteiger partial charge in [-0.05, 0) is 18.1 Å². The summed E-state index contributed by atoms with van der Waals surface area (Å²) in [4.78, 5) is 21.9. The molecule has 0 aliphatic carbocycles. The number of hydrogen-bond donors (Lipinski definition) is 0. The van der Waals surface area contributed by atoms with Crippen LogP contribution in [-0.2, 0) is 28.5 Å². The molecular formula is C14H22O6. The van der Waals surface area contributed by atoms with Gasteiger partial charge in [-0.3, -0.25) is 9.59 Å². The quantitative estimate of drug-likeness (QED) is 0.543. The van der Waals surface area contributed by atoms with Crippen molar-refractivity contribution in [3.8, 4) is 0 Å². The Morgan fingerprint density at radius 2 is 1.90 bits per heavy atom. The Kier molecular flexibility index (Phi) is 6.67. The smallest absolute Gasteiger partial charge is 0.303 e. The minimum Gasteiger partial charge on any atom is -0.463 e. The summed E-state index contributed by atoms with van der Waals surface area (Å²) >= 11 is 0. The maximum Gasteiger partial charge on any atom is 0.303 e. The highest BCUT2D eigenvalue weighted by Crippen LogP contribution is 2.18. The Balaban J connectivity index is 2.61. The summed E-state index contributed by atoms with van der Waals surface area (Å²) < 4.78 is 21.2. The standard InChI is InChI=1S/C14H22O6/c1-9(2)7-18-14-6-5-12(19-11(4)16)13(20-14)8-17-10(3)15/h5-6,9,12-14H,7-8H2,1-4H3/t12-,13+,14-/m0/s1. The van der Waals surface area contributed by atoms with E-state index in [9.17, 15) is 9.59 Å². The fourth-order valence-electron chi connectivity index (χ4n) is 1.64. The zero-order valence-electron chi connectivity index (χ0n) is 12.3. The number of carbonyl (C=O) groups excluding carboxylic acids is 2. The van der Waals surface area contributed by atoms with E-state index in [1.807, 2.05) is 13.8 Å². The summed E-state index contributed by atoms with van der Waals surface area (Å²) in [7, 11) is 0. The highest BCUT2D eigenvalue weighted by molar-refractivity contribution is 5.66. The fraction of sp³-hybridized carbons (Fsp3) is 0.714. The zero-order valence-corrected chi connectivity index (χ0v) is 12.3. The summed E-state index contributed by atoms with van der Waals surface area (Å²) in [5, 5.41) is 0. The van der Waals surface area contributed by atoms with E-state index in [0.29, 0.717) is 12.5 Å². The SMILES string of the molecule is CC(=O)OC[C@H]1O[C@H](OCC(C)C)C=C[C@@H]1OC(C)=O. The van der Waals surface area contributed by atoms with Crippen LogP contribution < -0.4 is 0 Å². The van der Waals surface area contributed by atoms with Crippen LogP contribution in [0.1, 0.15) is 27.7 Å². The van der Waals surface area contributed by atoms with E-state index in [1.165, 1.54) is 13.8 Å². The van der Waals surface area contributed by atoms with E-state index in [1.54, 1.807) is 12.2 Å². The van der Waals surface area contributed by atoms with Gasteiger partial charge in [0.2, 0.25) is 0 Å². The number of ether oxygens (including phenoxy) is 4. The maximum absolute atomic E-state index is 11.0. The molecule has 0 bridgehead atoms. The Morgan fingerprint density at radius 3 is 2.45 bits per heavy atom. The van der Waals surface area contributed by atoms with Crippen molar-refractivity contribution in [2.75, 3.05) is 13.2 Å². The van der Waals surface area contributed by atoms with Gasteiger partial charge in [0.25, 0.3) is 0 Å². The van der Waals surface area contributed by atoms with Crippen molar-refractivity contribution in [2.24, 2.45) is 5.92 Å². The molecule has 0 aromatic carbocycles. The molecule has 114 valence electrons. The molecule has 1 heterocycles. The first-order valence-corrected chi connectivity index (χ1v) is 6.64. The third-order valence-electron chi connectivity index (χ3n) is 2.48. The molecule has 1 aliphatic rings. The van der Waals surface area contributed by atoms with Crippen molar-refractivity contribution >= 4 is 11.9 Å². The molecule has 20 heavy (non-hydrogen) atoms. The first-order valence-electron chi connectivity index (χ1n) is 6.64. The van der Waals surface area contributed by atoms with Gasteiger partial charge in [-0.1, -0.05) is 13.8 Å². The van der Waals surface area contributed by atoms with Gasteiger partial charge >= 0.3 is 11.9 Å². The van der Waals surface area contributed by atoms with Gasteiger partial charge in [-0.15, -0.1) is 0 Å². The van der Waals surface area contributed by atoms with E-state index < -0.39 is 30.4 Å². The predicted octanol–water partition coefficient (Wildman–Crippen LogP) is 1.43. The third kappa shape index (κ3) is 6.16. The first kappa shape index (κ1) is 16.7. The highest BCUT2D eigenvalue weighted by atomic mass is 16.7. The van der Waals surface area contributed by atoms with Crippen LogP contribution in [0, 0.1) is 5.92 Å². The molecule has 0 spiro atoms. The van der Waals surface area contributed by atoms with E-state index in [0.717, 1.165) is 0 Å². The van der Waals surface area contributed by atoms with E-state index in [-0.39, 0.29) is 6.61 Å². The van der Waals surface area contributed by atoms with Crippen LogP contribution in [0.2, 0.25) is 0 Å². The van der Waals surface area contributed by atoms with Crippen LogP contribution in [-0.4, -0.2) is 43.7 Å². The van der Waals surface area contributed by atoms with E-state index >= 15 is 0 Å². The molecule has 0 saturated heterocycles. The lowest BCUT2D eigenvalue weighted by Gasteiger charge is -2.31. The second kappa shape index (κ2) is 8.01. The second-order valence-corrected chi connectivity index (χ2v) is 5.03. The number of rotatable bonds is 6. The number of carbonyl (C=O) groups is 2. The number of esters is 2. The summed E-state index contributed by atoms with van der Waals surface area (Å²) in [6.07, 6.45) is 1.73. The molecule has 6 heteroatoms. The second-order valence-electron chi connectivity index (χ2n) is 5.03. The molecule has 0 saturated carbocycles. The Labute approximate surface area is 119 Å². The van der Waals surface area contributed by atoms with E-state index in [4.69, 9.17) is 18.9 Å². The monoisotopic (exact) mass is 286 g/mol. The highest BCUT2D eigenvalue weighted by Gasteiger charge is 2.31. The van der Waals surface area contributed by atoms with Gasteiger partial charge in [-0.25, -0.2) is 0 Å². The van der Waals surface area contributed by atoms with Gasteiger partial charge in [-0.2, -0.15) is 0 Å². The Hall–Kier alpha value is -1.40. The molecule has 0 aromatic rings. The normalized spacial score (nSPS) is 25.6. The van der Waals surface area contributed by atoms with Crippen LogP contribution in [0.4, 0.5) is 0 Å². The molecular weight excluding hydrogens is 264 g/mol. The topological polar surface area (TPSA) is 71.1 Å². The molecule has 0 radical (unpaired) electrons. The average molecular weight is 286 g/mol. The van der Waals surface area contributed by atoms with Crippen LogP contribution >= 0.6 is 0 Å². The average Bonchev–Trinajstić information content (AvgIpc) is 2.35. The van der Waals surface area contributed by atoms with Gasteiger partial charge in [0.05, 0.1) is 6.61 Å². The van der Waals surface area contributed by atoms with Crippen molar-refractivity contribution in [1.82, 2.24) is 0 Å². The van der Waals surface area contributed by atoms with Crippen molar-refractivity contribution in [3.05, 3.63) is 12.2 Å². The van der Waals surface area contributed by atoms with Gasteiger partial charge in [0.1, 0.15) is 18.8 Å². The molecule has 0 unspecified atom stereocenters. The fourth-order valence-corrected chi connectivity index (χ4v) is 1.64. The lowest BCUT2D eigenvalue weighted by atomic mass is 10.1. The Bertz CT molecular complexity index is 363. The molecule has 1 rings (SSSR count). The minimum absolute atomic E-state index is 0.0131. The third-order valence-corrected chi connectivity index (χ3v) is 2.48. The lowest BCUT2D eigenvalue weighted by molar-refractivity contribution is -0.199. The van der Waals surface area contributed by atoms with Crippen molar-refractivity contribution in [1.29, 1.82) is 0 Å². The summed E-state index contributed by atoms with van der Waals surface area (Å²) in [6.45, 7) is 7.26. The molecule has 1 aliphatic heterocycles. The summed E-state index contributed by atoms with van der Waals surface area (Å²) in [5.74, 6) is -0.452. The first-order chi connectivity index (χ1) is 9.38. The van der Waals surface area contributed by atoms with Crippen molar-refractivity contribution < 1.29 is 28.5 Å².